The average molecular weight is 142 g/mol. The van der Waals surface area contributed by atoms with Crippen molar-refractivity contribution in [3.05, 3.63) is 0 Å². The maximum absolute atomic E-state index is 8.53. The van der Waals surface area contributed by atoms with Gasteiger partial charge in [-0.1, -0.05) is 0 Å². The van der Waals surface area contributed by atoms with E-state index in [1.54, 1.807) is 0 Å². The number of hydrogen-bond acceptors (Lipinski definition) is 3. The molecule has 1 unspecified atom stereocenters. The number of nitrogens with two attached hydrogens (primary N) is 1. The molecule has 0 amide bonds. The lowest BCUT2D eigenvalue weighted by atomic mass is 10.3. The topological polar surface area (TPSA) is 66.5 Å². The van der Waals surface area contributed by atoms with Gasteiger partial charge in [-0.25, -0.2) is 0 Å². The van der Waals surface area contributed by atoms with Crippen molar-refractivity contribution in [3.63, 3.8) is 0 Å². The molecule has 8 heavy (non-hydrogen) atoms. The Morgan fingerprint density at radius 3 is 2.12 bits per heavy atom. The summed E-state index contributed by atoms with van der Waals surface area (Å²) in [4.78, 5) is 0. The van der Waals surface area contributed by atoms with Gasteiger partial charge in [0, 0.05) is 0 Å². The fraction of sp³-hybridized carbons (Fsp3) is 1.00. The van der Waals surface area contributed by atoms with E-state index in [0.717, 1.165) is 0 Å². The highest BCUT2D eigenvalue weighted by Gasteiger charge is 1.96. The monoisotopic (exact) mass is 141 g/mol. The molecule has 0 aromatic carbocycles. The number of aliphatic hydroxyl groups is 2. The summed E-state index contributed by atoms with van der Waals surface area (Å²) in [5.41, 5.74) is 5.03. The summed E-state index contributed by atoms with van der Waals surface area (Å²) < 4.78 is 0. The summed E-state index contributed by atoms with van der Waals surface area (Å²) in [5, 5.41) is 16.7. The van der Waals surface area contributed by atoms with Crippen LogP contribution >= 0.6 is 12.4 Å². The molecule has 0 aromatic heterocycles. The highest BCUT2D eigenvalue weighted by atomic mass is 35.5. The van der Waals surface area contributed by atoms with E-state index < -0.39 is 6.10 Å². The molecule has 0 heterocycles. The molecule has 0 spiro atoms. The van der Waals surface area contributed by atoms with E-state index in [4.69, 9.17) is 15.9 Å². The van der Waals surface area contributed by atoms with Crippen LogP contribution in [0, 0.1) is 0 Å². The summed E-state index contributed by atoms with van der Waals surface area (Å²) in [6, 6.07) is 0. The molecule has 0 radical (unpaired) electrons. The van der Waals surface area contributed by atoms with Gasteiger partial charge in [0.1, 0.15) is 0 Å². The molecule has 0 aliphatic heterocycles. The molecule has 0 bridgehead atoms. The van der Waals surface area contributed by atoms with E-state index >= 15 is 0 Å². The molecule has 4 heteroatoms. The Hall–Kier alpha value is 0.170. The smallest absolute Gasteiger partial charge is 0.0782 e. The zero-order valence-electron chi connectivity index (χ0n) is 4.58. The van der Waals surface area contributed by atoms with Crippen molar-refractivity contribution in [1.82, 2.24) is 0 Å². The average Bonchev–Trinajstić information content (AvgIpc) is 1.68. The molecule has 1 atom stereocenters. The molecule has 3 nitrogen and oxygen atoms in total. The Balaban J connectivity index is 0. The molecule has 4 N–H and O–H groups in total. The van der Waals surface area contributed by atoms with Crippen LogP contribution in [-0.2, 0) is 0 Å². The minimum atomic E-state index is -0.620. The van der Waals surface area contributed by atoms with Crippen LogP contribution in [0.5, 0.6) is 0 Å². The predicted molar refractivity (Wildman–Crippen MR) is 34.0 cm³/mol. The molecular weight excluding hydrogens is 130 g/mol. The molecule has 0 saturated heterocycles. The van der Waals surface area contributed by atoms with Crippen molar-refractivity contribution >= 4 is 12.4 Å². The van der Waals surface area contributed by atoms with Crippen molar-refractivity contribution in [1.29, 1.82) is 0 Å². The quantitative estimate of drug-likeness (QED) is 0.478. The molecule has 0 aliphatic carbocycles. The highest BCUT2D eigenvalue weighted by molar-refractivity contribution is 5.85. The second-order valence-corrected chi connectivity index (χ2v) is 1.41. The third kappa shape index (κ3) is 6.17. The van der Waals surface area contributed by atoms with Gasteiger partial charge >= 0.3 is 0 Å². The number of halogens is 1. The molecule has 0 fully saturated rings. The van der Waals surface area contributed by atoms with Gasteiger partial charge < -0.3 is 15.9 Å². The SMILES string of the molecule is Cl.NCCC(O)CO. The van der Waals surface area contributed by atoms with Crippen LogP contribution in [0.3, 0.4) is 0 Å². The molecule has 0 aromatic rings. The Bertz CT molecular complexity index is 45.0. The summed E-state index contributed by atoms with van der Waals surface area (Å²) in [6.45, 7) is 0.249. The first-order chi connectivity index (χ1) is 3.31. The van der Waals surface area contributed by atoms with E-state index in [2.05, 4.69) is 0 Å². The number of rotatable bonds is 3. The first-order valence-electron chi connectivity index (χ1n) is 2.30. The van der Waals surface area contributed by atoms with Crippen molar-refractivity contribution < 1.29 is 10.2 Å². The Labute approximate surface area is 54.9 Å². The largest absolute Gasteiger partial charge is 0.394 e. The summed E-state index contributed by atoms with van der Waals surface area (Å²) in [7, 11) is 0. The van der Waals surface area contributed by atoms with Crippen molar-refractivity contribution in [2.45, 2.75) is 12.5 Å². The minimum Gasteiger partial charge on any atom is -0.394 e. The molecular formula is C4H12ClNO2. The van der Waals surface area contributed by atoms with Crippen LogP contribution in [0.1, 0.15) is 6.42 Å². The van der Waals surface area contributed by atoms with Gasteiger partial charge in [-0.3, -0.25) is 0 Å². The predicted octanol–water partition coefficient (Wildman–Crippen LogP) is -0.890. The van der Waals surface area contributed by atoms with E-state index in [9.17, 15) is 0 Å². The Morgan fingerprint density at radius 2 is 2.00 bits per heavy atom. The zero-order chi connectivity index (χ0) is 5.70. The lowest BCUT2D eigenvalue weighted by Gasteiger charge is -2.01. The van der Waals surface area contributed by atoms with Crippen LogP contribution in [-0.4, -0.2) is 29.5 Å². The lowest BCUT2D eigenvalue weighted by molar-refractivity contribution is 0.0902. The summed E-state index contributed by atoms with van der Waals surface area (Å²) in [6.07, 6.45) is -0.138. The third-order valence-corrected chi connectivity index (χ3v) is 0.711. The van der Waals surface area contributed by atoms with Crippen molar-refractivity contribution in [3.8, 4) is 0 Å². The van der Waals surface area contributed by atoms with Crippen LogP contribution in [0.2, 0.25) is 0 Å². The summed E-state index contributed by atoms with van der Waals surface area (Å²) >= 11 is 0. The van der Waals surface area contributed by atoms with Crippen LogP contribution in [0.25, 0.3) is 0 Å². The van der Waals surface area contributed by atoms with Gasteiger partial charge in [0.2, 0.25) is 0 Å². The maximum atomic E-state index is 8.53. The standard InChI is InChI=1S/C4H11NO2.ClH/c5-2-1-4(7)3-6;/h4,6-7H,1-3,5H2;1H. The van der Waals surface area contributed by atoms with Crippen molar-refractivity contribution in [2.75, 3.05) is 13.2 Å². The lowest BCUT2D eigenvalue weighted by Crippen LogP contribution is -2.16. The van der Waals surface area contributed by atoms with Gasteiger partial charge in [0.25, 0.3) is 0 Å². The normalized spacial score (nSPS) is 12.4. The van der Waals surface area contributed by atoms with E-state index in [1.165, 1.54) is 0 Å². The van der Waals surface area contributed by atoms with Gasteiger partial charge in [0.05, 0.1) is 12.7 Å². The molecule has 52 valence electrons. The zero-order valence-corrected chi connectivity index (χ0v) is 5.40. The van der Waals surface area contributed by atoms with Crippen LogP contribution in [0.15, 0.2) is 0 Å². The second-order valence-electron chi connectivity index (χ2n) is 1.41. The fourth-order valence-electron chi connectivity index (χ4n) is 0.284. The summed E-state index contributed by atoms with van der Waals surface area (Å²) in [5.74, 6) is 0. The van der Waals surface area contributed by atoms with Crippen LogP contribution < -0.4 is 5.73 Å². The van der Waals surface area contributed by atoms with E-state index in [-0.39, 0.29) is 19.0 Å². The Morgan fingerprint density at radius 1 is 1.50 bits per heavy atom. The molecule has 0 rings (SSSR count). The van der Waals surface area contributed by atoms with Crippen molar-refractivity contribution in [2.24, 2.45) is 5.73 Å². The third-order valence-electron chi connectivity index (χ3n) is 0.711. The van der Waals surface area contributed by atoms with Crippen LogP contribution in [0.4, 0.5) is 0 Å². The van der Waals surface area contributed by atoms with E-state index in [0.29, 0.717) is 13.0 Å². The van der Waals surface area contributed by atoms with Gasteiger partial charge in [0.15, 0.2) is 0 Å². The maximum Gasteiger partial charge on any atom is 0.0782 e. The first-order valence-corrected chi connectivity index (χ1v) is 2.30. The minimum absolute atomic E-state index is 0. The van der Waals surface area contributed by atoms with Gasteiger partial charge in [-0.2, -0.15) is 0 Å². The molecule has 0 aliphatic rings. The molecule has 0 saturated carbocycles. The number of hydrogen-bond donors (Lipinski definition) is 3. The first kappa shape index (κ1) is 11.0. The van der Waals surface area contributed by atoms with Gasteiger partial charge in [-0.15, -0.1) is 12.4 Å². The van der Waals surface area contributed by atoms with Gasteiger partial charge in [-0.05, 0) is 13.0 Å². The number of aliphatic hydroxyl groups excluding tert-OH is 2. The Kier molecular flexibility index (Phi) is 9.89. The fourth-order valence-corrected chi connectivity index (χ4v) is 0.284. The van der Waals surface area contributed by atoms with E-state index in [1.807, 2.05) is 0 Å². The second kappa shape index (κ2) is 7.17. The highest BCUT2D eigenvalue weighted by Crippen LogP contribution is 1.83.